The van der Waals surface area contributed by atoms with Crippen molar-refractivity contribution in [2.24, 2.45) is 0 Å². The minimum absolute atomic E-state index is 0.0417. The van der Waals surface area contributed by atoms with Crippen LogP contribution in [0, 0.1) is 7.14 Å². The third-order valence-electron chi connectivity index (χ3n) is 3.87. The lowest BCUT2D eigenvalue weighted by Gasteiger charge is -2.08. The zero-order chi connectivity index (χ0) is 16.6. The number of fused-ring (bicyclic) bond motifs is 3. The average Bonchev–Trinajstić information content (AvgIpc) is 2.75. The lowest BCUT2D eigenvalue weighted by Crippen LogP contribution is -1.99. The van der Waals surface area contributed by atoms with Gasteiger partial charge in [-0.2, -0.15) is 0 Å². The summed E-state index contributed by atoms with van der Waals surface area (Å²) in [6.07, 6.45) is 1.24. The van der Waals surface area contributed by atoms with Gasteiger partial charge in [-0.1, -0.05) is 0 Å². The molecule has 2 N–H and O–H groups in total. The van der Waals surface area contributed by atoms with Gasteiger partial charge in [0, 0.05) is 41.7 Å². The fourth-order valence-electron chi connectivity index (χ4n) is 2.88. The first-order valence-corrected chi connectivity index (χ1v) is 11.2. The molecule has 2 aromatic carbocycles. The molecule has 0 radical (unpaired) electrons. The summed E-state index contributed by atoms with van der Waals surface area (Å²) in [6, 6.07) is 12.8. The molecule has 0 saturated heterocycles. The molecule has 0 unspecified atom stereocenters. The fraction of sp³-hybridized carbons (Fsp3) is 0.250. The number of benzene rings is 2. The molecule has 0 atom stereocenters. The quantitative estimate of drug-likeness (QED) is 0.266. The third-order valence-corrected chi connectivity index (χ3v) is 6.11. The first-order chi connectivity index (χ1) is 10.8. The molecule has 7 heteroatoms. The Bertz CT molecular complexity index is 857. The lowest BCUT2D eigenvalue weighted by molar-refractivity contribution is 0.370. The highest BCUT2D eigenvalue weighted by Gasteiger charge is 2.14. The second kappa shape index (κ2) is 7.00. The van der Waals surface area contributed by atoms with Crippen molar-refractivity contribution >= 4 is 74.6 Å². The number of aromatic nitrogens is 1. The smallest absolute Gasteiger partial charge is 0.325 e. The molecule has 122 valence electrons. The van der Waals surface area contributed by atoms with E-state index < -0.39 is 7.60 Å². The normalized spacial score (nSPS) is 12.3. The van der Waals surface area contributed by atoms with Gasteiger partial charge < -0.3 is 14.4 Å². The number of aryl methyl sites for hydroxylation is 1. The second-order valence-electron chi connectivity index (χ2n) is 5.57. The van der Waals surface area contributed by atoms with Crippen LogP contribution in [-0.2, 0) is 11.1 Å². The highest BCUT2D eigenvalue weighted by Crippen LogP contribution is 2.36. The lowest BCUT2D eigenvalue weighted by atomic mass is 10.2. The van der Waals surface area contributed by atoms with E-state index in [-0.39, 0.29) is 6.16 Å². The Morgan fingerprint density at radius 1 is 0.913 bits per heavy atom. The molecule has 0 spiro atoms. The van der Waals surface area contributed by atoms with E-state index in [2.05, 4.69) is 86.1 Å². The van der Waals surface area contributed by atoms with Crippen molar-refractivity contribution in [3.63, 3.8) is 0 Å². The highest BCUT2D eigenvalue weighted by molar-refractivity contribution is 14.1. The number of hydrogen-bond donors (Lipinski definition) is 2. The molecule has 0 saturated carbocycles. The molecular weight excluding hydrogens is 539 g/mol. The van der Waals surface area contributed by atoms with Crippen molar-refractivity contribution in [1.82, 2.24) is 4.57 Å². The molecule has 1 heterocycles. The van der Waals surface area contributed by atoms with Crippen molar-refractivity contribution in [1.29, 1.82) is 0 Å². The van der Waals surface area contributed by atoms with Gasteiger partial charge in [-0.05, 0) is 94.4 Å². The zero-order valence-electron chi connectivity index (χ0n) is 12.2. The zero-order valence-corrected chi connectivity index (χ0v) is 17.5. The molecule has 0 aliphatic carbocycles. The Morgan fingerprint density at radius 3 is 1.91 bits per heavy atom. The maximum Gasteiger partial charge on any atom is 0.325 e. The highest BCUT2D eigenvalue weighted by atomic mass is 127. The predicted octanol–water partition coefficient (Wildman–Crippen LogP) is 4.96. The van der Waals surface area contributed by atoms with Gasteiger partial charge in [0.2, 0.25) is 0 Å². The Labute approximate surface area is 161 Å². The van der Waals surface area contributed by atoms with E-state index in [1.54, 1.807) is 0 Å². The predicted molar refractivity (Wildman–Crippen MR) is 111 cm³/mol. The van der Waals surface area contributed by atoms with E-state index >= 15 is 0 Å². The Hall–Kier alpha value is -0.150. The van der Waals surface area contributed by atoms with E-state index in [1.807, 2.05) is 0 Å². The van der Waals surface area contributed by atoms with E-state index in [1.165, 1.54) is 28.9 Å². The van der Waals surface area contributed by atoms with Crippen LogP contribution in [-0.4, -0.2) is 20.5 Å². The van der Waals surface area contributed by atoms with Crippen LogP contribution in [0.1, 0.15) is 12.8 Å². The van der Waals surface area contributed by atoms with E-state index in [0.29, 0.717) is 6.42 Å². The fourth-order valence-corrected chi connectivity index (χ4v) is 4.50. The van der Waals surface area contributed by atoms with Gasteiger partial charge in [-0.3, -0.25) is 4.57 Å². The molecule has 0 aliphatic heterocycles. The van der Waals surface area contributed by atoms with Gasteiger partial charge in [-0.15, -0.1) is 0 Å². The van der Waals surface area contributed by atoms with Crippen LogP contribution in [0.4, 0.5) is 0 Å². The van der Waals surface area contributed by atoms with Gasteiger partial charge in [0.15, 0.2) is 0 Å². The van der Waals surface area contributed by atoms with E-state index in [0.717, 1.165) is 13.0 Å². The molecule has 4 nitrogen and oxygen atoms in total. The van der Waals surface area contributed by atoms with Crippen molar-refractivity contribution in [2.45, 2.75) is 19.4 Å². The van der Waals surface area contributed by atoms with Crippen molar-refractivity contribution in [2.75, 3.05) is 6.16 Å². The monoisotopic (exact) mass is 555 g/mol. The summed E-state index contributed by atoms with van der Waals surface area (Å²) in [5.41, 5.74) is 2.36. The van der Waals surface area contributed by atoms with Gasteiger partial charge in [-0.25, -0.2) is 0 Å². The summed E-state index contributed by atoms with van der Waals surface area (Å²) in [5.74, 6) is 0. The van der Waals surface area contributed by atoms with Crippen LogP contribution >= 0.6 is 52.8 Å². The second-order valence-corrected chi connectivity index (χ2v) is 9.84. The number of hydrogen-bond acceptors (Lipinski definition) is 1. The first kappa shape index (κ1) is 17.7. The van der Waals surface area contributed by atoms with Crippen LogP contribution < -0.4 is 0 Å². The van der Waals surface area contributed by atoms with Crippen molar-refractivity contribution in [3.8, 4) is 0 Å². The average molecular weight is 555 g/mol. The summed E-state index contributed by atoms with van der Waals surface area (Å²) in [7, 11) is -3.89. The summed E-state index contributed by atoms with van der Waals surface area (Å²) >= 11 is 4.65. The van der Waals surface area contributed by atoms with Crippen LogP contribution in [0.5, 0.6) is 0 Å². The number of unbranched alkanes of at least 4 members (excludes halogenated alkanes) is 1. The molecule has 1 aromatic heterocycles. The Morgan fingerprint density at radius 2 is 1.43 bits per heavy atom. The van der Waals surface area contributed by atoms with Crippen LogP contribution in [0.25, 0.3) is 21.8 Å². The summed E-state index contributed by atoms with van der Waals surface area (Å²) < 4.78 is 15.6. The maximum atomic E-state index is 11.0. The standard InChI is InChI=1S/C16H16I2NO3P/c17-11-3-5-15-13(9-11)14-10-12(18)4-6-16(14)19(15)7-1-2-8-23(20,21)22/h3-6,9-10H,1-2,7-8H2,(H2,20,21,22). The summed E-state index contributed by atoms with van der Waals surface area (Å²) in [4.78, 5) is 18.0. The van der Waals surface area contributed by atoms with Gasteiger partial charge in [0.05, 0.1) is 0 Å². The van der Waals surface area contributed by atoms with E-state index in [4.69, 9.17) is 9.79 Å². The van der Waals surface area contributed by atoms with Crippen LogP contribution in [0.3, 0.4) is 0 Å². The SMILES string of the molecule is O=P(O)(O)CCCCn1c2ccc(I)cc2c2cc(I)ccc21. The Kier molecular flexibility index (Phi) is 5.37. The van der Waals surface area contributed by atoms with Gasteiger partial charge in [0.1, 0.15) is 0 Å². The molecule has 23 heavy (non-hydrogen) atoms. The van der Waals surface area contributed by atoms with Crippen LogP contribution in [0.15, 0.2) is 36.4 Å². The molecule has 0 bridgehead atoms. The van der Waals surface area contributed by atoms with Crippen LogP contribution in [0.2, 0.25) is 0 Å². The van der Waals surface area contributed by atoms with Gasteiger partial charge >= 0.3 is 7.60 Å². The molecule has 3 aromatic rings. The topological polar surface area (TPSA) is 62.5 Å². The molecule has 0 fully saturated rings. The van der Waals surface area contributed by atoms with E-state index in [9.17, 15) is 4.57 Å². The molecule has 0 aliphatic rings. The number of halogens is 2. The minimum atomic E-state index is -3.89. The third kappa shape index (κ3) is 4.10. The Balaban J connectivity index is 1.99. The molecule has 3 rings (SSSR count). The maximum absolute atomic E-state index is 11.0. The number of nitrogens with zero attached hydrogens (tertiary/aromatic N) is 1. The molecule has 0 amide bonds. The van der Waals surface area contributed by atoms with Gasteiger partial charge in [0.25, 0.3) is 0 Å². The summed E-state index contributed by atoms with van der Waals surface area (Å²) in [6.45, 7) is 0.765. The minimum Gasteiger partial charge on any atom is -0.340 e. The van der Waals surface area contributed by atoms with Crippen molar-refractivity contribution in [3.05, 3.63) is 43.5 Å². The molecular formula is C16H16I2NO3P. The number of rotatable bonds is 5. The van der Waals surface area contributed by atoms with Crippen molar-refractivity contribution < 1.29 is 14.4 Å². The largest absolute Gasteiger partial charge is 0.340 e. The summed E-state index contributed by atoms with van der Waals surface area (Å²) in [5, 5.41) is 2.47. The first-order valence-electron chi connectivity index (χ1n) is 7.27.